The Morgan fingerprint density at radius 1 is 1.12 bits per heavy atom. The maximum absolute atomic E-state index is 13.6. The monoisotopic (exact) mass is 543 g/mol. The molecule has 0 bridgehead atoms. The van der Waals surface area contributed by atoms with Crippen molar-refractivity contribution in [2.24, 2.45) is 0 Å². The molecule has 33 heavy (non-hydrogen) atoms. The Hall–Kier alpha value is -2.94. The average Bonchev–Trinajstić information content (AvgIpc) is 3.40. The molecule has 2 N–H and O–H groups in total. The van der Waals surface area contributed by atoms with Crippen molar-refractivity contribution >= 4 is 50.5 Å². The standard InChI is InChI=1S/C24H16BrClFN3O2S/c25-16-12-14(27)5-6-15(16)20-8-9-21(32-20)23-22(17-3-1-2-10-28-17)29-24(33)30(23)18-11-13(26)4-7-19(18)31/h1-12,22-23,31H,(H,29,33)/t22-,23-/m0/s1. The Labute approximate surface area is 208 Å². The van der Waals surface area contributed by atoms with Crippen LogP contribution < -0.4 is 10.2 Å². The lowest BCUT2D eigenvalue weighted by molar-refractivity contribution is 0.434. The topological polar surface area (TPSA) is 61.5 Å². The summed E-state index contributed by atoms with van der Waals surface area (Å²) in [6, 6.07) is 17.7. The van der Waals surface area contributed by atoms with Crippen molar-refractivity contribution in [1.29, 1.82) is 0 Å². The van der Waals surface area contributed by atoms with E-state index in [1.165, 1.54) is 18.2 Å². The van der Waals surface area contributed by atoms with Crippen molar-refractivity contribution in [1.82, 2.24) is 10.3 Å². The summed E-state index contributed by atoms with van der Waals surface area (Å²) >= 11 is 15.3. The molecule has 0 saturated carbocycles. The first kappa shape index (κ1) is 21.9. The number of benzene rings is 2. The molecule has 2 aromatic heterocycles. The number of phenols is 1. The predicted octanol–water partition coefficient (Wildman–Crippen LogP) is 6.78. The molecule has 0 aliphatic carbocycles. The summed E-state index contributed by atoms with van der Waals surface area (Å²) in [6.07, 6.45) is 1.71. The second-order valence-electron chi connectivity index (χ2n) is 7.46. The first-order valence-electron chi connectivity index (χ1n) is 9.96. The lowest BCUT2D eigenvalue weighted by Crippen LogP contribution is -2.29. The van der Waals surface area contributed by atoms with Gasteiger partial charge in [0.05, 0.1) is 17.4 Å². The van der Waals surface area contributed by atoms with Gasteiger partial charge < -0.3 is 19.7 Å². The molecule has 5 nitrogen and oxygen atoms in total. The van der Waals surface area contributed by atoms with Gasteiger partial charge in [-0.2, -0.15) is 0 Å². The number of hydrogen-bond donors (Lipinski definition) is 2. The number of furan rings is 1. The van der Waals surface area contributed by atoms with E-state index in [-0.39, 0.29) is 17.6 Å². The van der Waals surface area contributed by atoms with E-state index in [4.69, 9.17) is 28.2 Å². The van der Waals surface area contributed by atoms with Crippen LogP contribution in [-0.2, 0) is 0 Å². The number of nitrogens with one attached hydrogen (secondary N) is 1. The largest absolute Gasteiger partial charge is 0.506 e. The van der Waals surface area contributed by atoms with Gasteiger partial charge in [-0.25, -0.2) is 4.39 Å². The molecule has 2 atom stereocenters. The van der Waals surface area contributed by atoms with Crippen LogP contribution in [0.4, 0.5) is 10.1 Å². The highest BCUT2D eigenvalue weighted by Gasteiger charge is 2.43. The molecule has 2 aromatic carbocycles. The number of rotatable bonds is 4. The van der Waals surface area contributed by atoms with Gasteiger partial charge in [-0.3, -0.25) is 4.98 Å². The third kappa shape index (κ3) is 4.10. The summed E-state index contributed by atoms with van der Waals surface area (Å²) in [5, 5.41) is 14.8. The normalized spacial score (nSPS) is 17.9. The lowest BCUT2D eigenvalue weighted by Gasteiger charge is -2.26. The number of halogens is 3. The van der Waals surface area contributed by atoms with E-state index in [1.54, 1.807) is 29.3 Å². The highest BCUT2D eigenvalue weighted by Crippen LogP contribution is 2.46. The third-order valence-electron chi connectivity index (χ3n) is 5.41. The molecule has 4 aromatic rings. The second kappa shape index (κ2) is 8.78. The quantitative estimate of drug-likeness (QED) is 0.276. The summed E-state index contributed by atoms with van der Waals surface area (Å²) in [5.74, 6) is 0.831. The summed E-state index contributed by atoms with van der Waals surface area (Å²) in [4.78, 5) is 6.28. The van der Waals surface area contributed by atoms with Crippen molar-refractivity contribution in [2.75, 3.05) is 4.90 Å². The molecule has 9 heteroatoms. The Morgan fingerprint density at radius 3 is 2.73 bits per heavy atom. The van der Waals surface area contributed by atoms with Crippen molar-refractivity contribution < 1.29 is 13.9 Å². The lowest BCUT2D eigenvalue weighted by atomic mass is 10.0. The molecule has 1 fully saturated rings. The van der Waals surface area contributed by atoms with Crippen molar-refractivity contribution in [3.63, 3.8) is 0 Å². The third-order valence-corrected chi connectivity index (χ3v) is 6.62. The smallest absolute Gasteiger partial charge is 0.174 e. The molecule has 0 amide bonds. The van der Waals surface area contributed by atoms with Gasteiger partial charge in [0, 0.05) is 21.3 Å². The summed E-state index contributed by atoms with van der Waals surface area (Å²) in [6.45, 7) is 0. The van der Waals surface area contributed by atoms with Crippen LogP contribution in [0.25, 0.3) is 11.3 Å². The van der Waals surface area contributed by atoms with Crippen molar-refractivity contribution in [2.45, 2.75) is 12.1 Å². The molecule has 0 radical (unpaired) electrons. The number of nitrogens with zero attached hydrogens (tertiary/aromatic N) is 2. The van der Waals surface area contributed by atoms with E-state index in [9.17, 15) is 9.50 Å². The van der Waals surface area contributed by atoms with E-state index < -0.39 is 6.04 Å². The fourth-order valence-corrected chi connectivity index (χ4v) is 4.99. The predicted molar refractivity (Wildman–Crippen MR) is 133 cm³/mol. The van der Waals surface area contributed by atoms with Crippen LogP contribution in [-0.4, -0.2) is 15.2 Å². The minimum absolute atomic E-state index is 0.0308. The molecular weight excluding hydrogens is 529 g/mol. The van der Waals surface area contributed by atoms with Crippen molar-refractivity contribution in [3.05, 3.63) is 99.7 Å². The highest BCUT2D eigenvalue weighted by molar-refractivity contribution is 9.10. The van der Waals surface area contributed by atoms with Gasteiger partial charge in [-0.1, -0.05) is 17.7 Å². The van der Waals surface area contributed by atoms with Crippen LogP contribution in [0.2, 0.25) is 5.02 Å². The zero-order chi connectivity index (χ0) is 23.1. The van der Waals surface area contributed by atoms with Gasteiger partial charge in [0.1, 0.15) is 29.1 Å². The van der Waals surface area contributed by atoms with Crippen molar-refractivity contribution in [3.8, 4) is 17.1 Å². The molecule has 166 valence electrons. The van der Waals surface area contributed by atoms with Gasteiger partial charge in [0.25, 0.3) is 0 Å². The molecule has 5 rings (SSSR count). The SMILES string of the molecule is Oc1ccc(Cl)cc1N1C(=S)N[C@@H](c2ccccn2)[C@@H]1c1ccc(-c2ccc(F)cc2Br)o1. The molecular formula is C24H16BrClFN3O2S. The van der Waals surface area contributed by atoms with Crippen LogP contribution in [0.5, 0.6) is 5.75 Å². The average molecular weight is 545 g/mol. The van der Waals surface area contributed by atoms with Crippen LogP contribution in [0.1, 0.15) is 23.5 Å². The van der Waals surface area contributed by atoms with E-state index in [2.05, 4.69) is 26.2 Å². The van der Waals surface area contributed by atoms with Crippen LogP contribution in [0.3, 0.4) is 0 Å². The molecule has 0 spiro atoms. The molecule has 1 saturated heterocycles. The Bertz CT molecular complexity index is 1350. The molecule has 0 unspecified atom stereocenters. The van der Waals surface area contributed by atoms with E-state index in [0.29, 0.717) is 37.4 Å². The van der Waals surface area contributed by atoms with E-state index >= 15 is 0 Å². The summed E-state index contributed by atoms with van der Waals surface area (Å²) in [7, 11) is 0. The van der Waals surface area contributed by atoms with Gasteiger partial charge in [-0.05, 0) is 88.8 Å². The number of phenolic OH excluding ortho intramolecular Hbond substituents is 1. The number of pyridine rings is 1. The van der Waals surface area contributed by atoms with E-state index in [1.807, 2.05) is 30.3 Å². The molecule has 1 aliphatic heterocycles. The van der Waals surface area contributed by atoms with Gasteiger partial charge in [-0.15, -0.1) is 0 Å². The fourth-order valence-electron chi connectivity index (χ4n) is 3.94. The Balaban J connectivity index is 1.63. The first-order chi connectivity index (χ1) is 15.9. The zero-order valence-electron chi connectivity index (χ0n) is 16.9. The van der Waals surface area contributed by atoms with Gasteiger partial charge in [0.15, 0.2) is 5.11 Å². The summed E-state index contributed by atoms with van der Waals surface area (Å²) < 4.78 is 20.4. The first-order valence-corrected chi connectivity index (χ1v) is 11.5. The van der Waals surface area contributed by atoms with Crippen LogP contribution >= 0.6 is 39.7 Å². The number of thiocarbonyl (C=S) groups is 1. The second-order valence-corrected chi connectivity index (χ2v) is 9.13. The minimum atomic E-state index is -0.468. The maximum Gasteiger partial charge on any atom is 0.174 e. The number of aromatic nitrogens is 1. The minimum Gasteiger partial charge on any atom is -0.506 e. The molecule has 3 heterocycles. The number of aromatic hydroxyl groups is 1. The summed E-state index contributed by atoms with van der Waals surface area (Å²) in [5.41, 5.74) is 1.92. The number of anilines is 1. The zero-order valence-corrected chi connectivity index (χ0v) is 20.0. The van der Waals surface area contributed by atoms with Gasteiger partial charge in [0.2, 0.25) is 0 Å². The van der Waals surface area contributed by atoms with Crippen LogP contribution in [0.15, 0.2) is 81.8 Å². The van der Waals surface area contributed by atoms with Gasteiger partial charge >= 0.3 is 0 Å². The Morgan fingerprint density at radius 2 is 1.97 bits per heavy atom. The Kier molecular flexibility index (Phi) is 5.82. The molecule has 1 aliphatic rings. The van der Waals surface area contributed by atoms with Crippen LogP contribution in [0, 0.1) is 5.82 Å². The van der Waals surface area contributed by atoms with E-state index in [0.717, 1.165) is 5.69 Å². The number of hydrogen-bond acceptors (Lipinski definition) is 4. The highest BCUT2D eigenvalue weighted by atomic mass is 79.9. The maximum atomic E-state index is 13.6. The fraction of sp³-hybridized carbons (Fsp3) is 0.0833.